The van der Waals surface area contributed by atoms with Crippen LogP contribution in [0.1, 0.15) is 5.56 Å². The maximum absolute atomic E-state index is 11.6. The van der Waals surface area contributed by atoms with Crippen molar-refractivity contribution in [3.05, 3.63) is 29.8 Å². The highest BCUT2D eigenvalue weighted by Crippen LogP contribution is 2.15. The van der Waals surface area contributed by atoms with Crippen molar-refractivity contribution in [3.63, 3.8) is 0 Å². The fraction of sp³-hybridized carbons (Fsp3) is 0.429. The molecule has 1 aromatic carbocycles. The number of carbonyl (C=O) groups is 1. The number of hydrogen-bond acceptors (Lipinski definition) is 3. The SMILES string of the molecule is Cc1ccccc1OCC(=O)NNC(=S)NCC[NH+](C)C. The topological polar surface area (TPSA) is 66.8 Å². The lowest BCUT2D eigenvalue weighted by molar-refractivity contribution is -0.856. The second-order valence-corrected chi connectivity index (χ2v) is 5.35. The zero-order valence-corrected chi connectivity index (χ0v) is 13.5. The number of aryl methyl sites for hydroxylation is 1. The molecule has 0 aliphatic rings. The molecule has 0 radical (unpaired) electrons. The van der Waals surface area contributed by atoms with Crippen molar-refractivity contribution < 1.29 is 14.4 Å². The summed E-state index contributed by atoms with van der Waals surface area (Å²) in [4.78, 5) is 12.9. The molecule has 1 rings (SSSR count). The summed E-state index contributed by atoms with van der Waals surface area (Å²) in [5.74, 6) is 0.406. The van der Waals surface area contributed by atoms with E-state index in [-0.39, 0.29) is 12.5 Å². The molecule has 0 saturated carbocycles. The van der Waals surface area contributed by atoms with Gasteiger partial charge in [0, 0.05) is 0 Å². The van der Waals surface area contributed by atoms with E-state index in [9.17, 15) is 4.79 Å². The molecule has 0 aromatic heterocycles. The first kappa shape index (κ1) is 17.2. The maximum Gasteiger partial charge on any atom is 0.276 e. The number of quaternary nitrogens is 1. The van der Waals surface area contributed by atoms with Gasteiger partial charge in [-0.3, -0.25) is 15.6 Å². The van der Waals surface area contributed by atoms with Gasteiger partial charge in [-0.25, -0.2) is 0 Å². The number of carbonyl (C=O) groups excluding carboxylic acids is 1. The fourth-order valence-electron chi connectivity index (χ4n) is 1.49. The number of benzene rings is 1. The van der Waals surface area contributed by atoms with Gasteiger partial charge in [-0.15, -0.1) is 0 Å². The molecule has 21 heavy (non-hydrogen) atoms. The predicted molar refractivity (Wildman–Crippen MR) is 86.2 cm³/mol. The number of thiocarbonyl (C=S) groups is 1. The minimum absolute atomic E-state index is 0.0672. The van der Waals surface area contributed by atoms with E-state index < -0.39 is 0 Å². The van der Waals surface area contributed by atoms with Crippen molar-refractivity contribution in [1.82, 2.24) is 16.2 Å². The second kappa shape index (κ2) is 9.15. The minimum atomic E-state index is -0.291. The van der Waals surface area contributed by atoms with Gasteiger partial charge in [-0.05, 0) is 30.8 Å². The van der Waals surface area contributed by atoms with Crippen LogP contribution in [0.25, 0.3) is 0 Å². The summed E-state index contributed by atoms with van der Waals surface area (Å²) >= 11 is 5.04. The molecule has 0 unspecified atom stereocenters. The molecule has 7 heteroatoms. The maximum atomic E-state index is 11.6. The van der Waals surface area contributed by atoms with Crippen LogP contribution in [0.15, 0.2) is 24.3 Å². The van der Waals surface area contributed by atoms with Crippen LogP contribution in [0.4, 0.5) is 0 Å². The number of ether oxygens (including phenoxy) is 1. The van der Waals surface area contributed by atoms with Gasteiger partial charge in [0.15, 0.2) is 11.7 Å². The first-order valence-electron chi connectivity index (χ1n) is 6.79. The standard InChI is InChI=1S/C14H22N4O2S/c1-11-6-4-5-7-12(11)20-10-13(19)16-17-14(21)15-8-9-18(2)3/h4-7H,8-10H2,1-3H3,(H,16,19)(H2,15,17,21)/p+1. The minimum Gasteiger partial charge on any atom is -0.483 e. The molecular formula is C14H23N4O2S+. The van der Waals surface area contributed by atoms with Crippen LogP contribution in [0.3, 0.4) is 0 Å². The summed E-state index contributed by atoms with van der Waals surface area (Å²) in [5, 5.41) is 3.39. The van der Waals surface area contributed by atoms with Crippen LogP contribution in [0, 0.1) is 6.92 Å². The molecular weight excluding hydrogens is 288 g/mol. The first-order valence-corrected chi connectivity index (χ1v) is 7.20. The molecule has 6 nitrogen and oxygen atoms in total. The highest BCUT2D eigenvalue weighted by atomic mass is 32.1. The quantitative estimate of drug-likeness (QED) is 0.401. The van der Waals surface area contributed by atoms with Gasteiger partial charge in [0.1, 0.15) is 5.75 Å². The van der Waals surface area contributed by atoms with Crippen molar-refractivity contribution in [1.29, 1.82) is 0 Å². The molecule has 1 amide bonds. The second-order valence-electron chi connectivity index (χ2n) is 4.94. The molecule has 0 bridgehead atoms. The lowest BCUT2D eigenvalue weighted by atomic mass is 10.2. The van der Waals surface area contributed by atoms with Crippen LogP contribution >= 0.6 is 12.2 Å². The number of likely N-dealkylation sites (N-methyl/N-ethyl adjacent to an activating group) is 1. The number of rotatable bonds is 6. The third kappa shape index (κ3) is 7.48. The highest BCUT2D eigenvalue weighted by Gasteiger charge is 2.05. The van der Waals surface area contributed by atoms with E-state index in [1.165, 1.54) is 4.90 Å². The van der Waals surface area contributed by atoms with Crippen molar-refractivity contribution in [3.8, 4) is 5.75 Å². The lowest BCUT2D eigenvalue weighted by Crippen LogP contribution is -3.06. The predicted octanol–water partition coefficient (Wildman–Crippen LogP) is -0.986. The normalized spacial score (nSPS) is 10.1. The first-order chi connectivity index (χ1) is 9.99. The molecule has 0 heterocycles. The highest BCUT2D eigenvalue weighted by molar-refractivity contribution is 7.80. The Bertz CT molecular complexity index is 480. The Kier molecular flexibility index (Phi) is 7.49. The van der Waals surface area contributed by atoms with Crippen molar-refractivity contribution in [2.24, 2.45) is 0 Å². The molecule has 0 saturated heterocycles. The van der Waals surface area contributed by atoms with Crippen LogP contribution in [-0.4, -0.2) is 44.8 Å². The Morgan fingerprint density at radius 2 is 2.00 bits per heavy atom. The third-order valence-electron chi connectivity index (χ3n) is 2.68. The summed E-state index contributed by atoms with van der Waals surface area (Å²) < 4.78 is 5.42. The van der Waals surface area contributed by atoms with Crippen molar-refractivity contribution in [2.45, 2.75) is 6.92 Å². The summed E-state index contributed by atoms with van der Waals surface area (Å²) in [5.41, 5.74) is 6.11. The molecule has 0 fully saturated rings. The van der Waals surface area contributed by atoms with E-state index in [2.05, 4.69) is 30.3 Å². The Hall–Kier alpha value is -1.86. The number of para-hydroxylation sites is 1. The van der Waals surface area contributed by atoms with Gasteiger partial charge in [0.2, 0.25) is 0 Å². The fourth-order valence-corrected chi connectivity index (χ4v) is 1.65. The van der Waals surface area contributed by atoms with E-state index in [0.717, 1.165) is 18.7 Å². The number of nitrogens with one attached hydrogen (secondary N) is 4. The van der Waals surface area contributed by atoms with Gasteiger partial charge < -0.3 is 15.0 Å². The summed E-state index contributed by atoms with van der Waals surface area (Å²) in [7, 11) is 4.12. The lowest BCUT2D eigenvalue weighted by Gasteiger charge is -2.13. The number of hydrogen-bond donors (Lipinski definition) is 4. The number of hydrazine groups is 1. The summed E-state index contributed by atoms with van der Waals surface area (Å²) in [6, 6.07) is 7.54. The third-order valence-corrected chi connectivity index (χ3v) is 2.92. The van der Waals surface area contributed by atoms with Crippen molar-refractivity contribution >= 4 is 23.2 Å². The van der Waals surface area contributed by atoms with Crippen molar-refractivity contribution in [2.75, 3.05) is 33.8 Å². The van der Waals surface area contributed by atoms with Crippen LogP contribution in [-0.2, 0) is 4.79 Å². The average Bonchev–Trinajstić information content (AvgIpc) is 2.44. The Morgan fingerprint density at radius 1 is 1.29 bits per heavy atom. The van der Waals surface area contributed by atoms with Gasteiger partial charge in [0.05, 0.1) is 27.2 Å². The number of amides is 1. The van der Waals surface area contributed by atoms with Gasteiger partial charge in [-0.2, -0.15) is 0 Å². The smallest absolute Gasteiger partial charge is 0.276 e. The summed E-state index contributed by atoms with van der Waals surface area (Å²) in [6.07, 6.45) is 0. The largest absolute Gasteiger partial charge is 0.483 e. The average molecular weight is 311 g/mol. The Labute approximate surface area is 130 Å². The van der Waals surface area contributed by atoms with E-state index in [0.29, 0.717) is 10.9 Å². The Morgan fingerprint density at radius 3 is 2.67 bits per heavy atom. The molecule has 1 aromatic rings. The van der Waals surface area contributed by atoms with Crippen LogP contribution in [0.2, 0.25) is 0 Å². The molecule has 0 atom stereocenters. The van der Waals surface area contributed by atoms with Gasteiger partial charge in [0.25, 0.3) is 5.91 Å². The van der Waals surface area contributed by atoms with E-state index in [1.807, 2.05) is 31.2 Å². The molecule has 116 valence electrons. The zero-order chi connectivity index (χ0) is 15.7. The van der Waals surface area contributed by atoms with Gasteiger partial charge in [-0.1, -0.05) is 18.2 Å². The molecule has 0 aliphatic heterocycles. The molecule has 4 N–H and O–H groups in total. The van der Waals surface area contributed by atoms with Crippen LogP contribution in [0.5, 0.6) is 5.75 Å². The Balaban J connectivity index is 2.19. The van der Waals surface area contributed by atoms with Crippen LogP contribution < -0.4 is 25.8 Å². The van der Waals surface area contributed by atoms with E-state index in [1.54, 1.807) is 0 Å². The van der Waals surface area contributed by atoms with E-state index in [4.69, 9.17) is 17.0 Å². The summed E-state index contributed by atoms with van der Waals surface area (Å²) in [6.45, 7) is 3.54. The zero-order valence-electron chi connectivity index (χ0n) is 12.7. The monoisotopic (exact) mass is 311 g/mol. The molecule has 0 spiro atoms. The van der Waals surface area contributed by atoms with E-state index >= 15 is 0 Å². The molecule has 0 aliphatic carbocycles. The van der Waals surface area contributed by atoms with Gasteiger partial charge >= 0.3 is 0 Å².